The van der Waals surface area contributed by atoms with Gasteiger partial charge in [-0.25, -0.2) is 9.78 Å². The van der Waals surface area contributed by atoms with E-state index < -0.39 is 0 Å². The molecular formula is C14H25N5O2. The predicted molar refractivity (Wildman–Crippen MR) is 79.0 cm³/mol. The van der Waals surface area contributed by atoms with Gasteiger partial charge in [-0.2, -0.15) is 5.10 Å². The molecule has 1 aromatic heterocycles. The van der Waals surface area contributed by atoms with Crippen LogP contribution < -0.4 is 5.32 Å². The molecule has 118 valence electrons. The van der Waals surface area contributed by atoms with E-state index in [1.165, 1.54) is 6.33 Å². The van der Waals surface area contributed by atoms with E-state index in [4.69, 9.17) is 4.74 Å². The molecule has 7 heteroatoms. The number of piperidine rings is 1. The van der Waals surface area contributed by atoms with Gasteiger partial charge in [0.2, 0.25) is 0 Å². The van der Waals surface area contributed by atoms with Crippen LogP contribution in [-0.2, 0) is 4.74 Å². The van der Waals surface area contributed by atoms with Gasteiger partial charge >= 0.3 is 6.03 Å². The zero-order valence-electron chi connectivity index (χ0n) is 12.8. The monoisotopic (exact) mass is 295 g/mol. The van der Waals surface area contributed by atoms with Gasteiger partial charge < -0.3 is 15.0 Å². The number of amides is 2. The summed E-state index contributed by atoms with van der Waals surface area (Å²) in [5.41, 5.74) is 0. The molecule has 1 aromatic rings. The first-order chi connectivity index (χ1) is 10.2. The van der Waals surface area contributed by atoms with Gasteiger partial charge in [0.05, 0.1) is 6.61 Å². The van der Waals surface area contributed by atoms with E-state index in [0.717, 1.165) is 38.4 Å². The Kier molecular flexibility index (Phi) is 5.98. The highest BCUT2D eigenvalue weighted by atomic mass is 16.5. The molecule has 1 fully saturated rings. The minimum atomic E-state index is -0.000771. The molecule has 2 heterocycles. The molecular weight excluding hydrogens is 270 g/mol. The second-order valence-corrected chi connectivity index (χ2v) is 5.83. The van der Waals surface area contributed by atoms with Crippen molar-refractivity contribution in [2.75, 3.05) is 32.8 Å². The van der Waals surface area contributed by atoms with E-state index in [9.17, 15) is 4.79 Å². The SMILES string of the molecule is CC(C)COCCNC(=O)N1CCC(c2ncn[nH]2)CC1. The summed E-state index contributed by atoms with van der Waals surface area (Å²) in [6.45, 7) is 7.59. The molecule has 2 N–H and O–H groups in total. The van der Waals surface area contributed by atoms with Crippen molar-refractivity contribution in [3.8, 4) is 0 Å². The third-order valence-electron chi connectivity index (χ3n) is 3.58. The number of aromatic nitrogens is 3. The number of likely N-dealkylation sites (tertiary alicyclic amines) is 1. The molecule has 21 heavy (non-hydrogen) atoms. The summed E-state index contributed by atoms with van der Waals surface area (Å²) in [6, 6.07) is -0.000771. The van der Waals surface area contributed by atoms with Crippen molar-refractivity contribution in [3.63, 3.8) is 0 Å². The Hall–Kier alpha value is -1.63. The van der Waals surface area contributed by atoms with Crippen LogP contribution in [0.1, 0.15) is 38.4 Å². The van der Waals surface area contributed by atoms with Crippen LogP contribution in [0.4, 0.5) is 4.79 Å². The van der Waals surface area contributed by atoms with Crippen molar-refractivity contribution in [1.82, 2.24) is 25.4 Å². The molecule has 0 radical (unpaired) electrons. The molecule has 2 amide bonds. The Morgan fingerprint density at radius 2 is 2.29 bits per heavy atom. The maximum absolute atomic E-state index is 12.0. The fourth-order valence-electron chi connectivity index (χ4n) is 2.43. The number of nitrogens with one attached hydrogen (secondary N) is 2. The van der Waals surface area contributed by atoms with Crippen LogP contribution in [-0.4, -0.2) is 59.0 Å². The number of hydrogen-bond donors (Lipinski definition) is 2. The summed E-state index contributed by atoms with van der Waals surface area (Å²) in [7, 11) is 0. The van der Waals surface area contributed by atoms with Gasteiger partial charge in [0.25, 0.3) is 0 Å². The molecule has 1 aliphatic heterocycles. The minimum Gasteiger partial charge on any atom is -0.379 e. The second-order valence-electron chi connectivity index (χ2n) is 5.83. The molecule has 1 aliphatic rings. The number of nitrogens with zero attached hydrogens (tertiary/aromatic N) is 3. The van der Waals surface area contributed by atoms with Crippen LogP contribution >= 0.6 is 0 Å². The Bertz CT molecular complexity index is 413. The summed E-state index contributed by atoms with van der Waals surface area (Å²) in [6.07, 6.45) is 3.38. The van der Waals surface area contributed by atoms with Crippen LogP contribution in [0.3, 0.4) is 0 Å². The zero-order chi connectivity index (χ0) is 15.1. The first-order valence-corrected chi connectivity index (χ1v) is 7.62. The smallest absolute Gasteiger partial charge is 0.317 e. The molecule has 0 atom stereocenters. The average Bonchev–Trinajstić information content (AvgIpc) is 3.01. The molecule has 0 spiro atoms. The van der Waals surface area contributed by atoms with Gasteiger partial charge in [-0.1, -0.05) is 13.8 Å². The molecule has 0 saturated carbocycles. The average molecular weight is 295 g/mol. The van der Waals surface area contributed by atoms with Crippen molar-refractivity contribution in [3.05, 3.63) is 12.2 Å². The molecule has 0 unspecified atom stereocenters. The number of rotatable bonds is 6. The van der Waals surface area contributed by atoms with E-state index in [-0.39, 0.29) is 6.03 Å². The standard InChI is InChI=1S/C14H25N5O2/c1-11(2)9-21-8-5-15-14(20)19-6-3-12(4-7-19)13-16-10-17-18-13/h10-12H,3-9H2,1-2H3,(H,15,20)(H,16,17,18). The fourth-order valence-corrected chi connectivity index (χ4v) is 2.43. The number of carbonyl (C=O) groups excluding carboxylic acids is 1. The number of urea groups is 1. The van der Waals surface area contributed by atoms with Gasteiger partial charge in [-0.15, -0.1) is 0 Å². The summed E-state index contributed by atoms with van der Waals surface area (Å²) < 4.78 is 5.45. The van der Waals surface area contributed by atoms with Gasteiger partial charge in [0, 0.05) is 32.2 Å². The normalized spacial score (nSPS) is 16.4. The first kappa shape index (κ1) is 15.8. The van der Waals surface area contributed by atoms with Crippen molar-refractivity contribution in [1.29, 1.82) is 0 Å². The van der Waals surface area contributed by atoms with Crippen LogP contribution in [0, 0.1) is 5.92 Å². The lowest BCUT2D eigenvalue weighted by molar-refractivity contribution is 0.110. The molecule has 7 nitrogen and oxygen atoms in total. The third-order valence-corrected chi connectivity index (χ3v) is 3.58. The summed E-state index contributed by atoms with van der Waals surface area (Å²) in [5, 5.41) is 9.69. The Morgan fingerprint density at radius 1 is 1.52 bits per heavy atom. The van der Waals surface area contributed by atoms with Crippen molar-refractivity contribution in [2.24, 2.45) is 5.92 Å². The number of aromatic amines is 1. The molecule has 0 aromatic carbocycles. The quantitative estimate of drug-likeness (QED) is 0.776. The van der Waals surface area contributed by atoms with Crippen molar-refractivity contribution < 1.29 is 9.53 Å². The van der Waals surface area contributed by atoms with Crippen molar-refractivity contribution >= 4 is 6.03 Å². The lowest BCUT2D eigenvalue weighted by atomic mass is 9.96. The summed E-state index contributed by atoms with van der Waals surface area (Å²) >= 11 is 0. The second kappa shape index (κ2) is 7.97. The number of hydrogen-bond acceptors (Lipinski definition) is 4. The Balaban J connectivity index is 1.62. The van der Waals surface area contributed by atoms with Gasteiger partial charge in [0.1, 0.15) is 12.2 Å². The van der Waals surface area contributed by atoms with Crippen molar-refractivity contribution in [2.45, 2.75) is 32.6 Å². The molecule has 1 saturated heterocycles. The predicted octanol–water partition coefficient (Wildman–Crippen LogP) is 1.37. The topological polar surface area (TPSA) is 83.1 Å². The highest BCUT2D eigenvalue weighted by Gasteiger charge is 2.25. The lowest BCUT2D eigenvalue weighted by Crippen LogP contribution is -2.45. The lowest BCUT2D eigenvalue weighted by Gasteiger charge is -2.31. The maximum atomic E-state index is 12.0. The third kappa shape index (κ3) is 5.00. The number of ether oxygens (including phenoxy) is 1. The zero-order valence-corrected chi connectivity index (χ0v) is 12.8. The van der Waals surface area contributed by atoms with E-state index in [0.29, 0.717) is 25.0 Å². The van der Waals surface area contributed by atoms with Crippen LogP contribution in [0.2, 0.25) is 0 Å². The van der Waals surface area contributed by atoms with E-state index in [1.807, 2.05) is 4.90 Å². The Labute approximate surface area is 125 Å². The molecule has 2 rings (SSSR count). The first-order valence-electron chi connectivity index (χ1n) is 7.62. The highest BCUT2D eigenvalue weighted by Crippen LogP contribution is 2.24. The van der Waals surface area contributed by atoms with E-state index in [2.05, 4.69) is 34.3 Å². The number of carbonyl (C=O) groups is 1. The van der Waals surface area contributed by atoms with Gasteiger partial charge in [-0.05, 0) is 18.8 Å². The maximum Gasteiger partial charge on any atom is 0.317 e. The number of H-pyrrole nitrogens is 1. The molecule has 0 aliphatic carbocycles. The van der Waals surface area contributed by atoms with E-state index in [1.54, 1.807) is 0 Å². The van der Waals surface area contributed by atoms with Crippen LogP contribution in [0.15, 0.2) is 6.33 Å². The highest BCUT2D eigenvalue weighted by molar-refractivity contribution is 5.74. The van der Waals surface area contributed by atoms with Gasteiger partial charge in [-0.3, -0.25) is 5.10 Å². The minimum absolute atomic E-state index is 0.000771. The fraction of sp³-hybridized carbons (Fsp3) is 0.786. The summed E-state index contributed by atoms with van der Waals surface area (Å²) in [5.74, 6) is 1.83. The van der Waals surface area contributed by atoms with Crippen LogP contribution in [0.25, 0.3) is 0 Å². The summed E-state index contributed by atoms with van der Waals surface area (Å²) in [4.78, 5) is 18.1. The molecule has 0 bridgehead atoms. The Morgan fingerprint density at radius 3 is 2.90 bits per heavy atom. The largest absolute Gasteiger partial charge is 0.379 e. The van der Waals surface area contributed by atoms with Crippen LogP contribution in [0.5, 0.6) is 0 Å². The van der Waals surface area contributed by atoms with Gasteiger partial charge in [0.15, 0.2) is 0 Å². The van der Waals surface area contributed by atoms with E-state index >= 15 is 0 Å².